The highest BCUT2D eigenvalue weighted by Crippen LogP contribution is 2.32. The van der Waals surface area contributed by atoms with Gasteiger partial charge in [-0.25, -0.2) is 4.98 Å². The minimum absolute atomic E-state index is 0.105. The van der Waals surface area contributed by atoms with E-state index >= 15 is 0 Å². The van der Waals surface area contributed by atoms with Crippen LogP contribution in [-0.2, 0) is 6.54 Å². The molecule has 0 amide bonds. The fourth-order valence-electron chi connectivity index (χ4n) is 2.70. The lowest BCUT2D eigenvalue weighted by atomic mass is 10.1. The SMILES string of the molecule is CCCn1cncc1C1CN=C(N)N1c1cccc(Br)c1. The molecule has 1 aromatic carbocycles. The highest BCUT2D eigenvalue weighted by Gasteiger charge is 2.31. The fourth-order valence-corrected chi connectivity index (χ4v) is 3.08. The highest BCUT2D eigenvalue weighted by atomic mass is 79.9. The van der Waals surface area contributed by atoms with E-state index in [4.69, 9.17) is 5.73 Å². The van der Waals surface area contributed by atoms with Crippen LogP contribution in [0.5, 0.6) is 0 Å². The van der Waals surface area contributed by atoms with E-state index in [-0.39, 0.29) is 6.04 Å². The average molecular weight is 348 g/mol. The van der Waals surface area contributed by atoms with Crippen LogP contribution in [0.1, 0.15) is 25.1 Å². The molecule has 0 bridgehead atoms. The molecule has 5 nitrogen and oxygen atoms in total. The van der Waals surface area contributed by atoms with Crippen LogP contribution in [0.4, 0.5) is 5.69 Å². The lowest BCUT2D eigenvalue weighted by Gasteiger charge is -2.27. The number of halogens is 1. The van der Waals surface area contributed by atoms with Crippen molar-refractivity contribution < 1.29 is 0 Å². The van der Waals surface area contributed by atoms with Crippen molar-refractivity contribution in [3.8, 4) is 0 Å². The van der Waals surface area contributed by atoms with Crippen molar-refractivity contribution in [3.63, 3.8) is 0 Å². The van der Waals surface area contributed by atoms with E-state index in [1.165, 1.54) is 0 Å². The van der Waals surface area contributed by atoms with Crippen molar-refractivity contribution in [2.75, 3.05) is 11.4 Å². The summed E-state index contributed by atoms with van der Waals surface area (Å²) in [6, 6.07) is 8.22. The first-order valence-corrected chi connectivity index (χ1v) is 7.84. The number of hydrogen-bond donors (Lipinski definition) is 1. The molecule has 0 saturated heterocycles. The van der Waals surface area contributed by atoms with E-state index in [9.17, 15) is 0 Å². The van der Waals surface area contributed by atoms with Gasteiger partial charge in [-0.3, -0.25) is 4.99 Å². The summed E-state index contributed by atoms with van der Waals surface area (Å²) in [4.78, 5) is 10.8. The minimum Gasteiger partial charge on any atom is -0.369 e. The molecular weight excluding hydrogens is 330 g/mol. The predicted molar refractivity (Wildman–Crippen MR) is 88.4 cm³/mol. The number of aromatic nitrogens is 2. The third kappa shape index (κ3) is 2.68. The first-order valence-electron chi connectivity index (χ1n) is 7.05. The van der Waals surface area contributed by atoms with Crippen LogP contribution in [0.25, 0.3) is 0 Å². The van der Waals surface area contributed by atoms with Crippen molar-refractivity contribution in [1.29, 1.82) is 0 Å². The van der Waals surface area contributed by atoms with Gasteiger partial charge in [-0.15, -0.1) is 0 Å². The fraction of sp³-hybridized carbons (Fsp3) is 0.333. The van der Waals surface area contributed by atoms with Crippen LogP contribution in [0.15, 0.2) is 46.3 Å². The molecule has 0 saturated carbocycles. The van der Waals surface area contributed by atoms with E-state index in [0.717, 1.165) is 28.8 Å². The average Bonchev–Trinajstić information content (AvgIpc) is 3.05. The van der Waals surface area contributed by atoms with Gasteiger partial charge in [0.15, 0.2) is 5.96 Å². The van der Waals surface area contributed by atoms with Crippen molar-refractivity contribution >= 4 is 27.6 Å². The van der Waals surface area contributed by atoms with Crippen molar-refractivity contribution in [3.05, 3.63) is 47.0 Å². The smallest absolute Gasteiger partial charge is 0.196 e. The zero-order valence-electron chi connectivity index (χ0n) is 11.9. The van der Waals surface area contributed by atoms with Crippen molar-refractivity contribution in [1.82, 2.24) is 9.55 Å². The molecule has 1 aliphatic rings. The van der Waals surface area contributed by atoms with Gasteiger partial charge in [-0.1, -0.05) is 28.9 Å². The first kappa shape index (κ1) is 14.1. The maximum Gasteiger partial charge on any atom is 0.196 e. The van der Waals surface area contributed by atoms with E-state index in [1.54, 1.807) is 0 Å². The first-order chi connectivity index (χ1) is 10.2. The largest absolute Gasteiger partial charge is 0.369 e. The van der Waals surface area contributed by atoms with Crippen LogP contribution in [0, 0.1) is 0 Å². The monoisotopic (exact) mass is 347 g/mol. The van der Waals surface area contributed by atoms with Gasteiger partial charge in [-0.05, 0) is 24.6 Å². The second-order valence-electron chi connectivity index (χ2n) is 5.08. The standard InChI is InChI=1S/C15H18BrN5/c1-2-6-20-10-18-8-13(20)14-9-19-15(17)21(14)12-5-3-4-11(16)7-12/h3-5,7-8,10,14H,2,6,9H2,1H3,(H2,17,19). The normalized spacial score (nSPS) is 18.1. The molecule has 110 valence electrons. The van der Waals surface area contributed by atoms with Gasteiger partial charge in [0.25, 0.3) is 0 Å². The summed E-state index contributed by atoms with van der Waals surface area (Å²) >= 11 is 3.51. The van der Waals surface area contributed by atoms with Crippen LogP contribution >= 0.6 is 15.9 Å². The summed E-state index contributed by atoms with van der Waals surface area (Å²) in [5, 5.41) is 0. The zero-order valence-corrected chi connectivity index (χ0v) is 13.5. The lowest BCUT2D eigenvalue weighted by molar-refractivity contribution is 0.606. The zero-order chi connectivity index (χ0) is 14.8. The number of nitrogens with zero attached hydrogens (tertiary/aromatic N) is 4. The molecule has 3 rings (SSSR count). The predicted octanol–water partition coefficient (Wildman–Crippen LogP) is 2.93. The summed E-state index contributed by atoms with van der Waals surface area (Å²) in [5.41, 5.74) is 8.31. The summed E-state index contributed by atoms with van der Waals surface area (Å²) < 4.78 is 3.21. The van der Waals surface area contributed by atoms with Gasteiger partial charge in [0.2, 0.25) is 0 Å². The summed E-state index contributed by atoms with van der Waals surface area (Å²) in [6.07, 6.45) is 4.87. The number of anilines is 1. The number of benzene rings is 1. The lowest BCUT2D eigenvalue weighted by Crippen LogP contribution is -2.36. The second-order valence-corrected chi connectivity index (χ2v) is 5.99. The summed E-state index contributed by atoms with van der Waals surface area (Å²) in [7, 11) is 0. The molecular formula is C15H18BrN5. The molecule has 1 aliphatic heterocycles. The van der Waals surface area contributed by atoms with E-state index in [0.29, 0.717) is 12.5 Å². The molecule has 0 fully saturated rings. The Labute approximate surface area is 132 Å². The Morgan fingerprint density at radius 1 is 1.43 bits per heavy atom. The molecule has 0 spiro atoms. The molecule has 1 aromatic heterocycles. The molecule has 6 heteroatoms. The molecule has 2 heterocycles. The maximum atomic E-state index is 6.11. The molecule has 2 aromatic rings. The number of rotatable bonds is 4. The Hall–Kier alpha value is -1.82. The number of hydrogen-bond acceptors (Lipinski definition) is 4. The van der Waals surface area contributed by atoms with Crippen LogP contribution in [0.3, 0.4) is 0 Å². The van der Waals surface area contributed by atoms with Gasteiger partial charge < -0.3 is 15.2 Å². The number of guanidine groups is 1. The number of imidazole rings is 1. The molecule has 21 heavy (non-hydrogen) atoms. The van der Waals surface area contributed by atoms with Gasteiger partial charge >= 0.3 is 0 Å². The summed E-state index contributed by atoms with van der Waals surface area (Å²) in [6.45, 7) is 3.78. The van der Waals surface area contributed by atoms with Crippen LogP contribution in [0.2, 0.25) is 0 Å². The Kier molecular flexibility index (Phi) is 3.96. The topological polar surface area (TPSA) is 59.4 Å². The van der Waals surface area contributed by atoms with Gasteiger partial charge in [0.1, 0.15) is 0 Å². The van der Waals surface area contributed by atoms with Gasteiger partial charge in [0.05, 0.1) is 30.8 Å². The van der Waals surface area contributed by atoms with Gasteiger partial charge in [0, 0.05) is 16.7 Å². The molecule has 2 N–H and O–H groups in total. The van der Waals surface area contributed by atoms with E-state index in [1.807, 2.05) is 30.7 Å². The van der Waals surface area contributed by atoms with E-state index < -0.39 is 0 Å². The minimum atomic E-state index is 0.105. The van der Waals surface area contributed by atoms with Crippen LogP contribution in [-0.4, -0.2) is 22.1 Å². The van der Waals surface area contributed by atoms with E-state index in [2.05, 4.69) is 48.4 Å². The second kappa shape index (κ2) is 5.89. The molecule has 0 aliphatic carbocycles. The number of nitrogens with two attached hydrogens (primary N) is 1. The molecule has 1 unspecified atom stereocenters. The van der Waals surface area contributed by atoms with Crippen molar-refractivity contribution in [2.45, 2.75) is 25.9 Å². The highest BCUT2D eigenvalue weighted by molar-refractivity contribution is 9.10. The molecule has 0 radical (unpaired) electrons. The maximum absolute atomic E-state index is 6.11. The Morgan fingerprint density at radius 2 is 2.29 bits per heavy atom. The Bertz CT molecular complexity index is 664. The number of aliphatic imine (C=N–C) groups is 1. The third-order valence-electron chi connectivity index (χ3n) is 3.62. The molecule has 1 atom stereocenters. The van der Waals surface area contributed by atoms with Gasteiger partial charge in [-0.2, -0.15) is 0 Å². The number of aryl methyl sites for hydroxylation is 1. The summed E-state index contributed by atoms with van der Waals surface area (Å²) in [5.74, 6) is 0.558. The third-order valence-corrected chi connectivity index (χ3v) is 4.11. The Balaban J connectivity index is 1.97. The van der Waals surface area contributed by atoms with Crippen molar-refractivity contribution in [2.24, 2.45) is 10.7 Å². The quantitative estimate of drug-likeness (QED) is 0.924. The Morgan fingerprint density at radius 3 is 3.05 bits per heavy atom. The van der Waals surface area contributed by atoms with Crippen LogP contribution < -0.4 is 10.6 Å².